The highest BCUT2D eigenvalue weighted by Crippen LogP contribution is 2.19. The first-order valence-electron chi connectivity index (χ1n) is 4.36. The molecule has 1 N–H and O–H groups in total. The van der Waals surface area contributed by atoms with Gasteiger partial charge in [-0.1, -0.05) is 6.07 Å². The van der Waals surface area contributed by atoms with Crippen molar-refractivity contribution in [1.29, 1.82) is 0 Å². The van der Waals surface area contributed by atoms with Crippen LogP contribution in [0.3, 0.4) is 0 Å². The minimum absolute atomic E-state index is 0.160. The van der Waals surface area contributed by atoms with E-state index in [4.69, 9.17) is 0 Å². The molecule has 1 atom stereocenters. The second-order valence-corrected chi connectivity index (χ2v) is 4.58. The van der Waals surface area contributed by atoms with Crippen LogP contribution in [0.1, 0.15) is 15.9 Å². The van der Waals surface area contributed by atoms with Crippen LogP contribution in [0.5, 0.6) is 0 Å². The molecular weight excluding hydrogens is 296 g/mol. The normalized spacial score (nSPS) is 20.1. The standard InChI is InChI=1S/C10H9FINO/c11-5-8-3-6-1-2-7(12)4-9(6)10(14)13-8/h1-2,4,8H,3,5H2,(H,13,14). The van der Waals surface area contributed by atoms with Gasteiger partial charge in [0.2, 0.25) is 0 Å². The third kappa shape index (κ3) is 1.75. The number of rotatable bonds is 1. The molecule has 74 valence electrons. The highest BCUT2D eigenvalue weighted by Gasteiger charge is 2.23. The van der Waals surface area contributed by atoms with Gasteiger partial charge in [-0.3, -0.25) is 4.79 Å². The molecular formula is C10H9FINO. The lowest BCUT2D eigenvalue weighted by atomic mass is 9.96. The molecule has 1 amide bonds. The number of nitrogens with one attached hydrogen (secondary N) is 1. The minimum atomic E-state index is -0.503. The van der Waals surface area contributed by atoms with Crippen molar-refractivity contribution in [1.82, 2.24) is 5.32 Å². The number of halogens is 2. The summed E-state index contributed by atoms with van der Waals surface area (Å²) < 4.78 is 13.4. The fraction of sp³-hybridized carbons (Fsp3) is 0.300. The van der Waals surface area contributed by atoms with Gasteiger partial charge in [-0.25, -0.2) is 4.39 Å². The van der Waals surface area contributed by atoms with Crippen LogP contribution >= 0.6 is 22.6 Å². The first-order chi connectivity index (χ1) is 6.70. The van der Waals surface area contributed by atoms with Crippen molar-refractivity contribution in [2.75, 3.05) is 6.67 Å². The van der Waals surface area contributed by atoms with E-state index >= 15 is 0 Å². The summed E-state index contributed by atoms with van der Waals surface area (Å²) in [5.74, 6) is -0.160. The van der Waals surface area contributed by atoms with E-state index < -0.39 is 6.67 Å². The molecule has 0 aromatic heterocycles. The summed E-state index contributed by atoms with van der Waals surface area (Å²) in [4.78, 5) is 11.5. The van der Waals surface area contributed by atoms with Crippen molar-refractivity contribution < 1.29 is 9.18 Å². The third-order valence-electron chi connectivity index (χ3n) is 2.30. The smallest absolute Gasteiger partial charge is 0.251 e. The summed E-state index contributed by atoms with van der Waals surface area (Å²) in [6, 6.07) is 5.32. The molecule has 0 saturated carbocycles. The number of hydrogen-bond donors (Lipinski definition) is 1. The van der Waals surface area contributed by atoms with Gasteiger partial charge in [0.1, 0.15) is 6.67 Å². The van der Waals surface area contributed by atoms with Crippen LogP contribution in [-0.4, -0.2) is 18.6 Å². The van der Waals surface area contributed by atoms with Crippen LogP contribution in [0.25, 0.3) is 0 Å². The van der Waals surface area contributed by atoms with Gasteiger partial charge >= 0.3 is 0 Å². The largest absolute Gasteiger partial charge is 0.346 e. The molecule has 0 saturated heterocycles. The monoisotopic (exact) mass is 305 g/mol. The molecule has 1 aliphatic heterocycles. The van der Waals surface area contributed by atoms with Gasteiger partial charge in [0, 0.05) is 9.13 Å². The summed E-state index contributed by atoms with van der Waals surface area (Å²) in [5.41, 5.74) is 1.62. The van der Waals surface area contributed by atoms with Crippen LogP contribution in [0, 0.1) is 3.57 Å². The van der Waals surface area contributed by atoms with Gasteiger partial charge in [0.15, 0.2) is 0 Å². The zero-order valence-electron chi connectivity index (χ0n) is 7.39. The molecule has 14 heavy (non-hydrogen) atoms. The number of alkyl halides is 1. The van der Waals surface area contributed by atoms with E-state index in [-0.39, 0.29) is 11.9 Å². The maximum Gasteiger partial charge on any atom is 0.251 e. The molecule has 0 fully saturated rings. The summed E-state index contributed by atoms with van der Waals surface area (Å²) in [6.45, 7) is -0.503. The molecule has 0 bridgehead atoms. The Balaban J connectivity index is 2.40. The van der Waals surface area contributed by atoms with E-state index in [0.717, 1.165) is 9.13 Å². The van der Waals surface area contributed by atoms with E-state index in [9.17, 15) is 9.18 Å². The topological polar surface area (TPSA) is 29.1 Å². The van der Waals surface area contributed by atoms with E-state index in [1.807, 2.05) is 18.2 Å². The maximum absolute atomic E-state index is 12.4. The van der Waals surface area contributed by atoms with Crippen molar-refractivity contribution >= 4 is 28.5 Å². The quantitative estimate of drug-likeness (QED) is 0.789. The molecule has 0 radical (unpaired) electrons. The van der Waals surface area contributed by atoms with Crippen molar-refractivity contribution in [3.8, 4) is 0 Å². The number of carbonyl (C=O) groups is 1. The third-order valence-corrected chi connectivity index (χ3v) is 2.98. The molecule has 1 heterocycles. The molecule has 2 rings (SSSR count). The second kappa shape index (κ2) is 3.84. The molecule has 1 aromatic rings. The highest BCUT2D eigenvalue weighted by atomic mass is 127. The van der Waals surface area contributed by atoms with Crippen LogP contribution in [0.4, 0.5) is 4.39 Å². The Morgan fingerprint density at radius 2 is 2.36 bits per heavy atom. The van der Waals surface area contributed by atoms with Gasteiger partial charge in [0.05, 0.1) is 6.04 Å². The first-order valence-corrected chi connectivity index (χ1v) is 5.44. The van der Waals surface area contributed by atoms with Gasteiger partial charge in [-0.2, -0.15) is 0 Å². The van der Waals surface area contributed by atoms with Gasteiger partial charge in [-0.15, -0.1) is 0 Å². The van der Waals surface area contributed by atoms with Crippen LogP contribution in [-0.2, 0) is 6.42 Å². The molecule has 1 unspecified atom stereocenters. The van der Waals surface area contributed by atoms with Crippen molar-refractivity contribution in [2.45, 2.75) is 12.5 Å². The average Bonchev–Trinajstić information content (AvgIpc) is 2.19. The van der Waals surface area contributed by atoms with Gasteiger partial charge in [-0.05, 0) is 46.7 Å². The Morgan fingerprint density at radius 1 is 1.57 bits per heavy atom. The van der Waals surface area contributed by atoms with Crippen LogP contribution < -0.4 is 5.32 Å². The number of amides is 1. The Morgan fingerprint density at radius 3 is 3.07 bits per heavy atom. The Labute approximate surface area is 95.0 Å². The summed E-state index contributed by atoms with van der Waals surface area (Å²) in [6.07, 6.45) is 0.592. The van der Waals surface area contributed by atoms with E-state index in [1.165, 1.54) is 0 Å². The fourth-order valence-electron chi connectivity index (χ4n) is 1.61. The number of carbonyl (C=O) groups excluding carboxylic acids is 1. The molecule has 0 aliphatic carbocycles. The Kier molecular flexibility index (Phi) is 2.71. The highest BCUT2D eigenvalue weighted by molar-refractivity contribution is 14.1. The lowest BCUT2D eigenvalue weighted by molar-refractivity contribution is 0.0917. The zero-order chi connectivity index (χ0) is 10.1. The predicted octanol–water partition coefficient (Wildman–Crippen LogP) is 1.92. The van der Waals surface area contributed by atoms with Gasteiger partial charge < -0.3 is 5.32 Å². The molecule has 4 heteroatoms. The van der Waals surface area contributed by atoms with E-state index in [2.05, 4.69) is 27.9 Å². The van der Waals surface area contributed by atoms with E-state index in [0.29, 0.717) is 12.0 Å². The zero-order valence-corrected chi connectivity index (χ0v) is 9.55. The second-order valence-electron chi connectivity index (χ2n) is 3.33. The van der Waals surface area contributed by atoms with Crippen molar-refractivity contribution in [3.05, 3.63) is 32.9 Å². The van der Waals surface area contributed by atoms with E-state index in [1.54, 1.807) is 0 Å². The Hall–Kier alpha value is -0.650. The number of hydrogen-bond acceptors (Lipinski definition) is 1. The maximum atomic E-state index is 12.4. The SMILES string of the molecule is O=C1NC(CF)Cc2ccc(I)cc21. The molecule has 1 aromatic carbocycles. The van der Waals surface area contributed by atoms with Crippen LogP contribution in [0.15, 0.2) is 18.2 Å². The summed E-state index contributed by atoms with van der Waals surface area (Å²) >= 11 is 2.16. The first kappa shape index (κ1) is 9.89. The summed E-state index contributed by atoms with van der Waals surface area (Å²) in [5, 5.41) is 2.63. The molecule has 1 aliphatic rings. The van der Waals surface area contributed by atoms with Crippen molar-refractivity contribution in [2.24, 2.45) is 0 Å². The van der Waals surface area contributed by atoms with Crippen LogP contribution in [0.2, 0.25) is 0 Å². The number of benzene rings is 1. The lowest BCUT2D eigenvalue weighted by Crippen LogP contribution is -2.42. The predicted molar refractivity (Wildman–Crippen MR) is 60.1 cm³/mol. The summed E-state index contributed by atoms with van der Waals surface area (Å²) in [7, 11) is 0. The fourth-order valence-corrected chi connectivity index (χ4v) is 2.10. The lowest BCUT2D eigenvalue weighted by Gasteiger charge is -2.23. The Bertz CT molecular complexity index is 380. The average molecular weight is 305 g/mol. The minimum Gasteiger partial charge on any atom is -0.346 e. The molecule has 2 nitrogen and oxygen atoms in total. The van der Waals surface area contributed by atoms with Crippen molar-refractivity contribution in [3.63, 3.8) is 0 Å². The molecule has 0 spiro atoms. The number of fused-ring (bicyclic) bond motifs is 1. The van der Waals surface area contributed by atoms with Gasteiger partial charge in [0.25, 0.3) is 5.91 Å².